The maximum atomic E-state index is 12.6. The maximum Gasteiger partial charge on any atom is 0.317 e. The van der Waals surface area contributed by atoms with Gasteiger partial charge in [0.05, 0.1) is 97.2 Å². The second-order valence-corrected chi connectivity index (χ2v) is 41.0. The van der Waals surface area contributed by atoms with Crippen LogP contribution in [0, 0.1) is 45.3 Å². The molecule has 1 saturated heterocycles. The summed E-state index contributed by atoms with van der Waals surface area (Å²) >= 11 is 6.37. The molecule has 0 unspecified atom stereocenters. The fourth-order valence-electron chi connectivity index (χ4n) is 17.2. The van der Waals surface area contributed by atoms with Gasteiger partial charge in [-0.1, -0.05) is 72.8 Å². The van der Waals surface area contributed by atoms with Gasteiger partial charge in [0.2, 0.25) is 15.9 Å². The van der Waals surface area contributed by atoms with E-state index in [1.54, 1.807) is 69.2 Å². The number of aliphatic carboxylic acids is 1. The molecule has 0 radical (unpaired) electrons. The van der Waals surface area contributed by atoms with Crippen molar-refractivity contribution in [2.45, 2.75) is 168 Å². The zero-order chi connectivity index (χ0) is 95.2. The number of benzene rings is 8. The molecule has 1 fully saturated rings. The van der Waals surface area contributed by atoms with E-state index in [-0.39, 0.29) is 79.4 Å². The minimum atomic E-state index is -3.37. The molecule has 1 aliphatic heterocycles. The zero-order valence-corrected chi connectivity index (χ0v) is 81.1. The number of fused-ring (bicyclic) bond motifs is 4. The highest BCUT2D eigenvalue weighted by atomic mass is 32.2. The van der Waals surface area contributed by atoms with Crippen LogP contribution in [0.3, 0.4) is 0 Å². The molecule has 8 aromatic carbocycles. The molecule has 0 bridgehead atoms. The molecule has 0 saturated carbocycles. The molecule has 31 heteroatoms. The summed E-state index contributed by atoms with van der Waals surface area (Å²) in [5, 5.41) is 69.9. The molecule has 692 valence electrons. The number of likely N-dealkylation sites (tertiary alicyclic amines) is 1. The van der Waals surface area contributed by atoms with Gasteiger partial charge in [-0.2, -0.15) is 21.0 Å². The third kappa shape index (κ3) is 23.8. The number of sulfonamides is 1. The molecule has 5 atom stereocenters. The number of urea groups is 1. The van der Waals surface area contributed by atoms with Crippen LogP contribution in [-0.4, -0.2) is 168 Å². The van der Waals surface area contributed by atoms with Crippen LogP contribution in [0.2, 0.25) is 0 Å². The van der Waals surface area contributed by atoms with Gasteiger partial charge in [-0.05, 0) is 267 Å². The lowest BCUT2D eigenvalue weighted by Crippen LogP contribution is -2.38. The number of aliphatic hydroxyl groups excluding tert-OH is 1. The molecule has 6 N–H and O–H groups in total. The van der Waals surface area contributed by atoms with Gasteiger partial charge in [0.15, 0.2) is 0 Å². The van der Waals surface area contributed by atoms with E-state index in [9.17, 15) is 49.0 Å². The van der Waals surface area contributed by atoms with E-state index in [4.69, 9.17) is 24.1 Å². The van der Waals surface area contributed by atoms with Crippen LogP contribution in [0.5, 0.6) is 23.0 Å². The van der Waals surface area contributed by atoms with E-state index in [0.29, 0.717) is 71.3 Å². The Labute approximate surface area is 799 Å². The highest BCUT2D eigenvalue weighted by Gasteiger charge is 2.34. The van der Waals surface area contributed by atoms with Crippen molar-refractivity contribution < 1.29 is 52.0 Å². The van der Waals surface area contributed by atoms with Crippen LogP contribution >= 0.6 is 45.3 Å². The summed E-state index contributed by atoms with van der Waals surface area (Å²) in [6, 6.07) is 56.1. The number of amides is 3. The number of carbonyl (C=O) groups is 3. The predicted octanol–water partition coefficient (Wildman–Crippen LogP) is 19.1. The van der Waals surface area contributed by atoms with Crippen LogP contribution in [0.1, 0.15) is 178 Å². The standard InChI is InChI=1S/C28H30N4O3S.C26H30N4O3S2.C25H26N4O2S.C24H23N3O3S/c1-17(2)35-25-9-6-18(12-19(25)13-29)28-31-14-26(36-28)23-5-3-4-22-21(23)7-8-24(22)30-15-27(34)32-11-10-20(33)16-32;1-17(2)33-24-11-8-18(14-19(24)15-27)26-28-16-25(34-26)22-7-5-6-21-20(22)9-10-23(21)29-35(31,32)13-12-30(3)4;1-15(2)31-22-11-8-16(12-17(22)13-26)24-27-14-23(32-24)20-7-5-6-19-18(20)9-10-21(19)28-25(30)29(3)4;1-14(2)30-21-9-6-15(10-16(21)11-25)24-27-12-22(31-24)19-5-3-4-18-17(19)7-8-20(18)26-13-23(28)29/h3-6,9,12,14,17,20,24,30,33H,7-8,10-11,15-16H2,1-2H3;5-8,11,14,16-17,23,29H,9-10,12-13H2,1-4H3;5-8,11-12,14-15,21H,9-10H2,1-4H3,(H,28,30);3-6,9-10,12,14,20,26H,7-8,13H2,1-2H3,(H,28,29)/t20-,24+;23-;21-;20-/m0101/s1. The van der Waals surface area contributed by atoms with Gasteiger partial charge >= 0.3 is 12.0 Å². The quantitative estimate of drug-likeness (QED) is 0.0265. The van der Waals surface area contributed by atoms with Crippen LogP contribution in [0.4, 0.5) is 4.79 Å². The molecule has 4 aliphatic carbocycles. The minimum absolute atomic E-state index is 0.000793. The second kappa shape index (κ2) is 44.0. The van der Waals surface area contributed by atoms with E-state index in [2.05, 4.69) is 113 Å². The SMILES string of the molecule is CC(C)Oc1ccc(-c2ncc(-c3cccc4c3CC[C@@H]4NC(=O)N(C)C)s2)cc1C#N.CC(C)Oc1ccc(-c2ncc(-c3cccc4c3CC[C@H]4NCC(=O)N3CC[C@H](O)C3)s2)cc1C#N.CC(C)Oc1ccc(-c2ncc(-c3cccc4c3CC[C@H]4NCC(=O)O)s2)cc1C#N.CC(C)Oc1ccc(-c2ncc(-c3cccc4c3CC[C@H]4NS(=O)(=O)CCN(C)C)s2)cc1C#N. The lowest BCUT2D eigenvalue weighted by atomic mass is 10.0. The van der Waals surface area contributed by atoms with E-state index >= 15 is 0 Å². The molecule has 17 rings (SSSR count). The molecular formula is C103H109N15O11S5. The van der Waals surface area contributed by atoms with Gasteiger partial charge in [0.25, 0.3) is 0 Å². The Morgan fingerprint density at radius 3 is 1.09 bits per heavy atom. The molecule has 3 amide bonds. The first kappa shape index (κ1) is 97.4. The number of aliphatic hydroxyl groups is 1. The van der Waals surface area contributed by atoms with E-state index in [1.165, 1.54) is 38.9 Å². The molecular weight excluding hydrogens is 1780 g/mol. The smallest absolute Gasteiger partial charge is 0.317 e. The summed E-state index contributed by atoms with van der Waals surface area (Å²) in [6.45, 7) is 17.3. The van der Waals surface area contributed by atoms with Gasteiger partial charge in [-0.3, -0.25) is 9.59 Å². The summed E-state index contributed by atoms with van der Waals surface area (Å²) < 4.78 is 51.0. The Balaban J connectivity index is 0.000000144. The minimum Gasteiger partial charge on any atom is -0.490 e. The lowest BCUT2D eigenvalue weighted by Gasteiger charge is -2.19. The van der Waals surface area contributed by atoms with Crippen LogP contribution < -0.4 is 39.6 Å². The summed E-state index contributed by atoms with van der Waals surface area (Å²) in [4.78, 5) is 63.5. The normalized spacial score (nSPS) is 16.1. The van der Waals surface area contributed by atoms with Crippen molar-refractivity contribution in [3.8, 4) is 131 Å². The Hall–Kier alpha value is -12.6. The predicted molar refractivity (Wildman–Crippen MR) is 527 cm³/mol. The van der Waals surface area contributed by atoms with Crippen molar-refractivity contribution in [2.75, 3.05) is 66.7 Å². The highest BCUT2D eigenvalue weighted by Crippen LogP contribution is 2.48. The van der Waals surface area contributed by atoms with Crippen LogP contribution in [0.25, 0.3) is 84.0 Å². The fraction of sp³-hybridized carbons (Fsp3) is 0.350. The molecule has 5 heterocycles. The van der Waals surface area contributed by atoms with Gasteiger partial charge in [-0.15, -0.1) is 45.3 Å². The Bertz CT molecular complexity index is 6590. The number of nitriles is 4. The number of thiazole rings is 4. The number of hydrogen-bond donors (Lipinski definition) is 6. The van der Waals surface area contributed by atoms with Gasteiger partial charge in [-0.25, -0.2) is 37.9 Å². The van der Waals surface area contributed by atoms with Crippen LogP contribution in [-0.2, 0) is 45.3 Å². The third-order valence-corrected chi connectivity index (χ3v) is 29.0. The first-order valence-corrected chi connectivity index (χ1v) is 49.8. The first-order valence-electron chi connectivity index (χ1n) is 44.9. The number of nitrogens with zero attached hydrogens (tertiary/aromatic N) is 11. The number of ether oxygens (including phenoxy) is 4. The number of carboxylic acids is 1. The number of carboxylic acid groups (broad SMARTS) is 1. The fourth-order valence-corrected chi connectivity index (χ4v) is 22.4. The third-order valence-electron chi connectivity index (χ3n) is 23.4. The van der Waals surface area contributed by atoms with Crippen molar-refractivity contribution in [2.24, 2.45) is 0 Å². The molecule has 5 aliphatic rings. The first-order chi connectivity index (χ1) is 64.4. The summed E-state index contributed by atoms with van der Waals surface area (Å²) in [6.07, 6.45) is 14.8. The zero-order valence-electron chi connectivity index (χ0n) is 77.0. The number of hydrogen-bond acceptors (Lipinski definition) is 25. The summed E-state index contributed by atoms with van der Waals surface area (Å²) in [5.74, 6) is 1.61. The van der Waals surface area contributed by atoms with Crippen molar-refractivity contribution in [1.29, 1.82) is 21.0 Å². The number of aromatic nitrogens is 4. The summed E-state index contributed by atoms with van der Waals surface area (Å²) in [7, 11) is 3.86. The number of carbonyl (C=O) groups excluding carboxylic acids is 2. The monoisotopic (exact) mass is 1890 g/mol. The molecule has 26 nitrogen and oxygen atoms in total. The van der Waals surface area contributed by atoms with Crippen molar-refractivity contribution in [3.63, 3.8) is 0 Å². The van der Waals surface area contributed by atoms with E-state index in [1.807, 2.05) is 196 Å². The average molecular weight is 1890 g/mol. The van der Waals surface area contributed by atoms with Crippen molar-refractivity contribution in [3.05, 3.63) is 237 Å². The largest absolute Gasteiger partial charge is 0.490 e. The van der Waals surface area contributed by atoms with Crippen molar-refractivity contribution >= 4 is 73.3 Å². The Morgan fingerprint density at radius 2 is 0.784 bits per heavy atom. The van der Waals surface area contributed by atoms with Gasteiger partial charge in [0, 0.05) is 98.9 Å². The highest BCUT2D eigenvalue weighted by molar-refractivity contribution is 7.89. The van der Waals surface area contributed by atoms with E-state index in [0.717, 1.165) is 141 Å². The Morgan fingerprint density at radius 1 is 0.463 bits per heavy atom. The second-order valence-electron chi connectivity index (χ2n) is 35.0. The lowest BCUT2D eigenvalue weighted by molar-refractivity contribution is -0.136. The van der Waals surface area contributed by atoms with Crippen LogP contribution in [0.15, 0.2) is 170 Å². The number of nitrogens with one attached hydrogen (secondary N) is 4. The maximum absolute atomic E-state index is 12.6. The van der Waals surface area contributed by atoms with Gasteiger partial charge in [0.1, 0.15) is 67.3 Å². The summed E-state index contributed by atoms with van der Waals surface area (Å²) in [5.41, 5.74) is 19.7. The van der Waals surface area contributed by atoms with E-state index < -0.39 is 22.1 Å². The molecule has 12 aromatic rings. The average Bonchev–Trinajstić information content (AvgIpc) is 1.64. The molecule has 0 spiro atoms. The molecule has 134 heavy (non-hydrogen) atoms. The number of rotatable bonds is 28. The Kier molecular flexibility index (Phi) is 32.0. The molecule has 4 aromatic heterocycles. The van der Waals surface area contributed by atoms with Crippen molar-refractivity contribution in [1.82, 2.24) is 55.3 Å². The topological polar surface area (TPSA) is 367 Å². The number of β-amino-alcohol motifs (C(OH)–C–C–N with tert-alkyl or cyclic N) is 1. The van der Waals surface area contributed by atoms with Gasteiger partial charge < -0.3 is 59.8 Å².